The van der Waals surface area contributed by atoms with Crippen molar-refractivity contribution >= 4 is 12.2 Å². The summed E-state index contributed by atoms with van der Waals surface area (Å²) in [5.41, 5.74) is 4.93. The summed E-state index contributed by atoms with van der Waals surface area (Å²) in [5, 5.41) is 8.79. The van der Waals surface area contributed by atoms with Crippen LogP contribution >= 0.6 is 0 Å². The number of benzene rings is 1. The molecule has 4 nitrogen and oxygen atoms in total. The minimum atomic E-state index is -3.10. The Kier molecular flexibility index (Phi) is 6.38. The Balaban J connectivity index is 2.53. The molecule has 1 aromatic carbocycles. The molecule has 0 aliphatic heterocycles. The molecule has 0 heterocycles. The summed E-state index contributed by atoms with van der Waals surface area (Å²) in [5.74, 6) is -1.69. The van der Waals surface area contributed by atoms with Gasteiger partial charge in [-0.15, -0.1) is 0 Å². The van der Waals surface area contributed by atoms with Gasteiger partial charge in [0.2, 0.25) is 0 Å². The van der Waals surface area contributed by atoms with E-state index in [0.29, 0.717) is 0 Å². The van der Waals surface area contributed by atoms with E-state index in [4.69, 9.17) is 10.8 Å². The molecular formula is C17H24F2N2O2. The fourth-order valence-electron chi connectivity index (χ4n) is 2.01. The summed E-state index contributed by atoms with van der Waals surface area (Å²) in [6, 6.07) is 7.92. The van der Waals surface area contributed by atoms with Gasteiger partial charge in [-0.1, -0.05) is 45.0 Å². The third-order valence-corrected chi connectivity index (χ3v) is 3.68. The molecule has 1 atom stereocenters. The van der Waals surface area contributed by atoms with E-state index in [1.165, 1.54) is 5.56 Å². The van der Waals surface area contributed by atoms with Crippen LogP contribution in [0.2, 0.25) is 0 Å². The molecule has 0 aromatic heterocycles. The van der Waals surface area contributed by atoms with Crippen LogP contribution in [0.25, 0.3) is 0 Å². The van der Waals surface area contributed by atoms with E-state index < -0.39 is 17.9 Å². The Morgan fingerprint density at radius 1 is 1.30 bits per heavy atom. The van der Waals surface area contributed by atoms with Crippen LogP contribution in [0, 0.1) is 0 Å². The van der Waals surface area contributed by atoms with Crippen LogP contribution in [0.4, 0.5) is 8.78 Å². The number of carbonyl (C=O) groups is 1. The number of nitrogens with zero attached hydrogens (tertiary/aromatic N) is 1. The molecule has 0 aliphatic rings. The van der Waals surface area contributed by atoms with Crippen LogP contribution in [-0.4, -0.2) is 35.8 Å². The van der Waals surface area contributed by atoms with Gasteiger partial charge in [0.1, 0.15) is 0 Å². The molecular weight excluding hydrogens is 302 g/mol. The minimum Gasteiger partial charge on any atom is -0.480 e. The number of rotatable bonds is 7. The van der Waals surface area contributed by atoms with Crippen LogP contribution < -0.4 is 5.73 Å². The fourth-order valence-corrected chi connectivity index (χ4v) is 2.01. The SMILES string of the molecule is CC(C)(C)c1ccc(/C=N/CCCC(N)(C(=O)O)C(F)F)cc1. The summed E-state index contributed by atoms with van der Waals surface area (Å²) in [7, 11) is 0. The molecule has 0 spiro atoms. The van der Waals surface area contributed by atoms with Gasteiger partial charge in [-0.2, -0.15) is 0 Å². The predicted molar refractivity (Wildman–Crippen MR) is 87.4 cm³/mol. The molecule has 0 amide bonds. The molecule has 3 N–H and O–H groups in total. The van der Waals surface area contributed by atoms with Crippen LogP contribution in [0.1, 0.15) is 44.7 Å². The molecule has 1 rings (SSSR count). The van der Waals surface area contributed by atoms with Gasteiger partial charge < -0.3 is 10.8 Å². The Bertz CT molecular complexity index is 551. The lowest BCUT2D eigenvalue weighted by Gasteiger charge is -2.22. The second kappa shape index (κ2) is 7.64. The lowest BCUT2D eigenvalue weighted by molar-refractivity contribution is -0.150. The van der Waals surface area contributed by atoms with Crippen molar-refractivity contribution in [3.63, 3.8) is 0 Å². The van der Waals surface area contributed by atoms with E-state index in [-0.39, 0.29) is 24.8 Å². The van der Waals surface area contributed by atoms with Gasteiger partial charge in [-0.3, -0.25) is 4.99 Å². The van der Waals surface area contributed by atoms with E-state index in [2.05, 4.69) is 25.8 Å². The maximum Gasteiger partial charge on any atom is 0.329 e. The number of aliphatic carboxylic acids is 1. The molecule has 1 unspecified atom stereocenters. The Morgan fingerprint density at radius 3 is 2.30 bits per heavy atom. The second-order valence-corrected chi connectivity index (χ2v) is 6.66. The number of aliphatic imine (C=N–C) groups is 1. The second-order valence-electron chi connectivity index (χ2n) is 6.66. The zero-order valence-electron chi connectivity index (χ0n) is 13.7. The quantitative estimate of drug-likeness (QED) is 0.596. The van der Waals surface area contributed by atoms with Crippen molar-refractivity contribution in [1.82, 2.24) is 0 Å². The van der Waals surface area contributed by atoms with Gasteiger partial charge in [0.05, 0.1) is 0 Å². The maximum absolute atomic E-state index is 12.7. The maximum atomic E-state index is 12.7. The van der Waals surface area contributed by atoms with Crippen molar-refractivity contribution in [2.45, 2.75) is 51.0 Å². The van der Waals surface area contributed by atoms with Crippen molar-refractivity contribution in [3.05, 3.63) is 35.4 Å². The van der Waals surface area contributed by atoms with E-state index in [1.54, 1.807) is 6.21 Å². The van der Waals surface area contributed by atoms with E-state index in [9.17, 15) is 13.6 Å². The highest BCUT2D eigenvalue weighted by Crippen LogP contribution is 2.22. The fraction of sp³-hybridized carbons (Fsp3) is 0.529. The summed E-state index contributed by atoms with van der Waals surface area (Å²) >= 11 is 0. The van der Waals surface area contributed by atoms with Crippen LogP contribution in [-0.2, 0) is 10.2 Å². The molecule has 0 saturated heterocycles. The minimum absolute atomic E-state index is 0.0756. The van der Waals surface area contributed by atoms with Crippen molar-refractivity contribution in [3.8, 4) is 0 Å². The van der Waals surface area contributed by atoms with Gasteiger partial charge in [0.25, 0.3) is 6.43 Å². The largest absolute Gasteiger partial charge is 0.480 e. The summed E-state index contributed by atoms with van der Waals surface area (Å²) < 4.78 is 25.4. The van der Waals surface area contributed by atoms with Gasteiger partial charge in [0, 0.05) is 12.8 Å². The van der Waals surface area contributed by atoms with Crippen molar-refractivity contribution in [2.24, 2.45) is 10.7 Å². The normalized spacial score (nSPS) is 15.1. The van der Waals surface area contributed by atoms with Crippen LogP contribution in [0.15, 0.2) is 29.3 Å². The summed E-state index contributed by atoms with van der Waals surface area (Å²) in [4.78, 5) is 15.0. The number of hydrogen-bond acceptors (Lipinski definition) is 3. The van der Waals surface area contributed by atoms with Gasteiger partial charge in [-0.05, 0) is 29.4 Å². The number of hydrogen-bond donors (Lipinski definition) is 2. The molecule has 0 radical (unpaired) electrons. The zero-order valence-corrected chi connectivity index (χ0v) is 13.7. The van der Waals surface area contributed by atoms with Gasteiger partial charge in [0.15, 0.2) is 5.54 Å². The average Bonchev–Trinajstić information content (AvgIpc) is 2.45. The van der Waals surface area contributed by atoms with Crippen molar-refractivity contribution < 1.29 is 18.7 Å². The first-order chi connectivity index (χ1) is 10.6. The number of nitrogens with two attached hydrogens (primary N) is 1. The molecule has 0 fully saturated rings. The third kappa shape index (κ3) is 5.39. The topological polar surface area (TPSA) is 75.7 Å². The highest BCUT2D eigenvalue weighted by atomic mass is 19.3. The number of alkyl halides is 2. The molecule has 0 saturated carbocycles. The molecule has 6 heteroatoms. The first-order valence-corrected chi connectivity index (χ1v) is 7.48. The molecule has 23 heavy (non-hydrogen) atoms. The highest BCUT2D eigenvalue weighted by molar-refractivity contribution is 5.80. The first kappa shape index (κ1) is 19.2. The Hall–Kier alpha value is -1.82. The standard InChI is InChI=1S/C17H24F2N2O2/c1-16(2,3)13-7-5-12(6-8-13)11-21-10-4-9-17(20,14(18)19)15(22)23/h5-8,11,14H,4,9-10,20H2,1-3H3,(H,22,23)/b21-11+. The lowest BCUT2D eigenvalue weighted by Crippen LogP contribution is -2.54. The first-order valence-electron chi connectivity index (χ1n) is 7.48. The van der Waals surface area contributed by atoms with Crippen molar-refractivity contribution in [2.75, 3.05) is 6.54 Å². The Labute approximate surface area is 135 Å². The Morgan fingerprint density at radius 2 is 1.87 bits per heavy atom. The molecule has 0 bridgehead atoms. The molecule has 128 valence electrons. The van der Waals surface area contributed by atoms with Gasteiger partial charge in [-0.25, -0.2) is 13.6 Å². The van der Waals surface area contributed by atoms with Crippen LogP contribution in [0.3, 0.4) is 0 Å². The van der Waals surface area contributed by atoms with Gasteiger partial charge >= 0.3 is 5.97 Å². The van der Waals surface area contributed by atoms with Crippen molar-refractivity contribution in [1.29, 1.82) is 0 Å². The summed E-state index contributed by atoms with van der Waals surface area (Å²) in [6.07, 6.45) is -1.59. The lowest BCUT2D eigenvalue weighted by atomic mass is 9.87. The smallest absolute Gasteiger partial charge is 0.329 e. The summed E-state index contributed by atoms with van der Waals surface area (Å²) in [6.45, 7) is 6.63. The molecule has 1 aromatic rings. The number of carboxylic acid groups (broad SMARTS) is 1. The van der Waals surface area contributed by atoms with Crippen LogP contribution in [0.5, 0.6) is 0 Å². The predicted octanol–water partition coefficient (Wildman–Crippen LogP) is 3.23. The average molecular weight is 326 g/mol. The third-order valence-electron chi connectivity index (χ3n) is 3.68. The van der Waals surface area contributed by atoms with E-state index in [1.807, 2.05) is 24.3 Å². The van der Waals surface area contributed by atoms with E-state index >= 15 is 0 Å². The number of halogens is 2. The molecule has 0 aliphatic carbocycles. The van der Waals surface area contributed by atoms with E-state index in [0.717, 1.165) is 5.56 Å². The monoisotopic (exact) mass is 326 g/mol. The number of carboxylic acids is 1. The highest BCUT2D eigenvalue weighted by Gasteiger charge is 2.43. The zero-order chi connectivity index (χ0) is 17.7.